The first kappa shape index (κ1) is 70.5. The number of aryl methyl sites for hydroxylation is 14. The van der Waals surface area contributed by atoms with Crippen molar-refractivity contribution in [2.24, 2.45) is 0 Å². The molecule has 0 unspecified atom stereocenters. The van der Waals surface area contributed by atoms with E-state index in [-0.39, 0.29) is 10.8 Å². The number of hydrogen-bond acceptors (Lipinski definition) is 4. The van der Waals surface area contributed by atoms with Crippen LogP contribution in [0.25, 0.3) is 64.6 Å². The Hall–Kier alpha value is -11.2. The minimum atomic E-state index is 0.0611. The summed E-state index contributed by atoms with van der Waals surface area (Å²) in [6, 6.07) is 92.0. The first-order chi connectivity index (χ1) is 50.6. The van der Waals surface area contributed by atoms with E-state index in [0.717, 1.165) is 22.7 Å². The van der Waals surface area contributed by atoms with Crippen molar-refractivity contribution in [3.8, 4) is 0 Å². The van der Waals surface area contributed by atoms with Crippen molar-refractivity contribution < 1.29 is 0 Å². The van der Waals surface area contributed by atoms with Crippen molar-refractivity contribution in [2.45, 2.75) is 149 Å². The number of nitrogens with zero attached hydrogens (tertiary/aromatic N) is 4. The van der Waals surface area contributed by atoms with E-state index in [2.05, 4.69) is 401 Å². The predicted octanol–water partition coefficient (Wildman–Crippen LogP) is 30.0. The summed E-state index contributed by atoms with van der Waals surface area (Å²) < 4.78 is 0. The van der Waals surface area contributed by atoms with Crippen molar-refractivity contribution in [1.82, 2.24) is 0 Å². The third-order valence-corrected chi connectivity index (χ3v) is 22.2. The maximum atomic E-state index is 2.51. The highest BCUT2D eigenvalue weighted by molar-refractivity contribution is 6.30. The summed E-state index contributed by atoms with van der Waals surface area (Å²) in [5.74, 6) is 0. The molecule has 0 saturated carbocycles. The molecule has 0 amide bonds. The predicted molar refractivity (Wildman–Crippen MR) is 463 cm³/mol. The largest absolute Gasteiger partial charge is 0.309 e. The van der Waals surface area contributed by atoms with E-state index in [1.54, 1.807) is 0 Å². The van der Waals surface area contributed by atoms with Crippen LogP contribution >= 0.6 is 0 Å². The molecule has 16 rings (SSSR count). The van der Waals surface area contributed by atoms with Gasteiger partial charge in [-0.2, -0.15) is 0 Å². The van der Waals surface area contributed by atoms with Gasteiger partial charge < -0.3 is 19.6 Å². The van der Waals surface area contributed by atoms with Gasteiger partial charge in [0.2, 0.25) is 0 Å². The second-order valence-corrected chi connectivity index (χ2v) is 32.8. The molecule has 4 nitrogen and oxygen atoms in total. The molecular formula is C102H100N4. The Labute approximate surface area is 629 Å². The van der Waals surface area contributed by atoms with Crippen molar-refractivity contribution in [3.63, 3.8) is 0 Å². The third-order valence-electron chi connectivity index (χ3n) is 22.2. The molecule has 0 radical (unpaired) electrons. The second-order valence-electron chi connectivity index (χ2n) is 32.8. The van der Waals surface area contributed by atoms with Crippen LogP contribution in [0.3, 0.4) is 0 Å². The van der Waals surface area contributed by atoms with Crippen molar-refractivity contribution in [1.29, 1.82) is 0 Å². The molecule has 0 atom stereocenters. The van der Waals surface area contributed by atoms with E-state index in [1.807, 2.05) is 0 Å². The fraction of sp³-hybridized carbons (Fsp3) is 0.216. The molecular weight excluding hydrogens is 1280 g/mol. The summed E-state index contributed by atoms with van der Waals surface area (Å²) in [6.45, 7) is 44.9. The topological polar surface area (TPSA) is 13.0 Å². The highest BCUT2D eigenvalue weighted by Crippen LogP contribution is 2.53. The third kappa shape index (κ3) is 12.6. The second kappa shape index (κ2) is 27.1. The van der Waals surface area contributed by atoms with Gasteiger partial charge in [-0.15, -0.1) is 0 Å². The van der Waals surface area contributed by atoms with E-state index in [1.165, 1.54) is 199 Å². The van der Waals surface area contributed by atoms with Crippen molar-refractivity contribution in [2.75, 3.05) is 19.6 Å². The summed E-state index contributed by atoms with van der Waals surface area (Å²) in [4.78, 5) is 9.97. The molecule has 0 aliphatic rings. The number of anilines is 12. The average molecular weight is 1380 g/mol. The maximum Gasteiger partial charge on any atom is 0.0540 e. The molecule has 16 aromatic rings. The molecule has 106 heavy (non-hydrogen) atoms. The van der Waals surface area contributed by atoms with Crippen molar-refractivity contribution in [3.05, 3.63) is 332 Å². The summed E-state index contributed by atoms with van der Waals surface area (Å²) in [5.41, 5.74) is 35.0. The standard InChI is InChI=1S/C54H56N2.C48H44N2/c1-33-13-21-43(22-14-33)55(51-35(3)29-41(30-36(51)4)53(7,8)9)47-27-19-39-18-26-46-48(28-20-40-17-25-45(47)49(39)50(40)46)56(44-23-15-34(2)16-24-44)52-37(5)31-42(32-38(52)6)54(10,11)12;1-29-9-17-39(18-10-29)49(47-33(5)25-31(3)26-34(47)6)43-23-15-37-14-22-42-44(24-16-38-13-21-41(43)45(37)46(38)42)50(40-19-11-30(2)12-20-40)48-35(7)27-32(4)28-36(48)8/h13-32H,1-12H3;9-28H,1-8H3. The number of benzene rings is 16. The molecule has 16 aromatic carbocycles. The van der Waals surface area contributed by atoms with Gasteiger partial charge in [0.1, 0.15) is 0 Å². The van der Waals surface area contributed by atoms with Crippen LogP contribution in [0.5, 0.6) is 0 Å². The Kier molecular flexibility index (Phi) is 18.0. The van der Waals surface area contributed by atoms with Gasteiger partial charge in [-0.1, -0.05) is 245 Å². The molecule has 0 N–H and O–H groups in total. The van der Waals surface area contributed by atoms with E-state index < -0.39 is 0 Å². The van der Waals surface area contributed by atoms with Gasteiger partial charge in [-0.25, -0.2) is 0 Å². The molecule has 0 saturated heterocycles. The maximum absolute atomic E-state index is 2.51. The normalized spacial score (nSPS) is 12.0. The lowest BCUT2D eigenvalue weighted by Gasteiger charge is -2.33. The highest BCUT2D eigenvalue weighted by atomic mass is 15.2. The minimum Gasteiger partial charge on any atom is -0.309 e. The average Bonchev–Trinajstić information content (AvgIpc) is 0.719. The van der Waals surface area contributed by atoms with Gasteiger partial charge in [0.05, 0.1) is 45.5 Å². The first-order valence-corrected chi connectivity index (χ1v) is 37.9. The van der Waals surface area contributed by atoms with Crippen LogP contribution in [0.1, 0.15) is 131 Å². The Morgan fingerprint density at radius 2 is 0.368 bits per heavy atom. The van der Waals surface area contributed by atoms with E-state index in [4.69, 9.17) is 0 Å². The Balaban J connectivity index is 0.000000171. The first-order valence-electron chi connectivity index (χ1n) is 37.9. The van der Waals surface area contributed by atoms with Crippen LogP contribution in [0.4, 0.5) is 68.2 Å². The van der Waals surface area contributed by atoms with E-state index in [9.17, 15) is 0 Å². The summed E-state index contributed by atoms with van der Waals surface area (Å²) in [7, 11) is 0. The molecule has 0 heterocycles. The molecule has 0 aliphatic carbocycles. The quantitative estimate of drug-likeness (QED) is 0.113. The lowest BCUT2D eigenvalue weighted by atomic mass is 9.84. The molecule has 4 heteroatoms. The van der Waals surface area contributed by atoms with Gasteiger partial charge >= 0.3 is 0 Å². The van der Waals surface area contributed by atoms with Crippen LogP contribution in [0, 0.1) is 96.9 Å². The van der Waals surface area contributed by atoms with Crippen LogP contribution in [0.15, 0.2) is 243 Å². The van der Waals surface area contributed by atoms with Crippen LogP contribution in [-0.4, -0.2) is 0 Å². The Morgan fingerprint density at radius 3 is 0.557 bits per heavy atom. The zero-order chi connectivity index (χ0) is 74.7. The van der Waals surface area contributed by atoms with E-state index >= 15 is 0 Å². The van der Waals surface area contributed by atoms with Gasteiger partial charge in [0.15, 0.2) is 0 Å². The monoisotopic (exact) mass is 1380 g/mol. The fourth-order valence-electron chi connectivity index (χ4n) is 17.2. The zero-order valence-corrected chi connectivity index (χ0v) is 65.9. The summed E-state index contributed by atoms with van der Waals surface area (Å²) in [5, 5.41) is 15.2. The van der Waals surface area contributed by atoms with Gasteiger partial charge in [0, 0.05) is 44.3 Å². The molecule has 0 spiro atoms. The lowest BCUT2D eigenvalue weighted by molar-refractivity contribution is 0.589. The summed E-state index contributed by atoms with van der Waals surface area (Å²) in [6.07, 6.45) is 0. The molecule has 528 valence electrons. The fourth-order valence-corrected chi connectivity index (χ4v) is 17.2. The van der Waals surface area contributed by atoms with Gasteiger partial charge in [-0.3, -0.25) is 0 Å². The van der Waals surface area contributed by atoms with Crippen molar-refractivity contribution >= 4 is 133 Å². The van der Waals surface area contributed by atoms with Gasteiger partial charge in [0.25, 0.3) is 0 Å². The van der Waals surface area contributed by atoms with E-state index in [0.29, 0.717) is 0 Å². The SMILES string of the molecule is Cc1ccc(N(c2c(C)cc(C(C)(C)C)cc2C)c2ccc3ccc4c(N(c5ccc(C)cc5)c5c(C)cc(C(C)(C)C)cc5C)ccc5ccc2c3c54)cc1.Cc1ccc(N(c2c(C)cc(C)cc2C)c2ccc3ccc4c(N(c5ccc(C)cc5)c5c(C)cc(C)cc5C)ccc5ccc2c3c54)cc1. The molecule has 0 aromatic heterocycles. The Morgan fingerprint density at radius 1 is 0.189 bits per heavy atom. The zero-order valence-electron chi connectivity index (χ0n) is 65.9. The van der Waals surface area contributed by atoms with Crippen LogP contribution in [-0.2, 0) is 10.8 Å². The highest BCUT2D eigenvalue weighted by Gasteiger charge is 2.29. The molecule has 0 bridgehead atoms. The smallest absolute Gasteiger partial charge is 0.0540 e. The van der Waals surface area contributed by atoms with Gasteiger partial charge in [-0.05, 0) is 279 Å². The van der Waals surface area contributed by atoms with Crippen LogP contribution in [0.2, 0.25) is 0 Å². The number of hydrogen-bond donors (Lipinski definition) is 0. The minimum absolute atomic E-state index is 0.0611. The van der Waals surface area contributed by atoms with Crippen LogP contribution < -0.4 is 19.6 Å². The molecule has 0 aliphatic heterocycles. The molecule has 0 fully saturated rings. The number of rotatable bonds is 12. The Bertz CT molecular complexity index is 5590. The summed E-state index contributed by atoms with van der Waals surface area (Å²) >= 11 is 0. The lowest BCUT2D eigenvalue weighted by Crippen LogP contribution is -2.17.